The van der Waals surface area contributed by atoms with Gasteiger partial charge in [-0.25, -0.2) is 0 Å². The molecule has 0 radical (unpaired) electrons. The van der Waals surface area contributed by atoms with Crippen LogP contribution < -0.4 is 5.73 Å². The molecule has 0 saturated carbocycles. The molecule has 1 aliphatic heterocycles. The molecule has 0 aliphatic carbocycles. The summed E-state index contributed by atoms with van der Waals surface area (Å²) in [6.07, 6.45) is 1.41. The normalized spacial score (nSPS) is 25.7. The molecule has 1 fully saturated rings. The van der Waals surface area contributed by atoms with E-state index in [1.54, 1.807) is 7.11 Å². The number of nitrogens with zero attached hydrogens (tertiary/aromatic N) is 3. The Morgan fingerprint density at radius 2 is 2.26 bits per heavy atom. The van der Waals surface area contributed by atoms with E-state index in [-0.39, 0.29) is 6.10 Å². The van der Waals surface area contributed by atoms with Crippen molar-refractivity contribution in [1.82, 2.24) is 15.0 Å². The molecular weight excluding hydrogens is 244 g/mol. The largest absolute Gasteiger partial charge is 0.380 e. The lowest BCUT2D eigenvalue weighted by Crippen LogP contribution is -2.43. The Morgan fingerprint density at radius 3 is 2.84 bits per heavy atom. The second kappa shape index (κ2) is 5.56. The lowest BCUT2D eigenvalue weighted by molar-refractivity contribution is -0.0101. The highest BCUT2D eigenvalue weighted by Crippen LogP contribution is 2.21. The quantitative estimate of drug-likeness (QED) is 0.881. The summed E-state index contributed by atoms with van der Waals surface area (Å²) in [5.74, 6) is 1.77. The number of ether oxygens (including phenoxy) is 1. The van der Waals surface area contributed by atoms with Crippen molar-refractivity contribution >= 4 is 0 Å². The second-order valence-electron chi connectivity index (χ2n) is 6.01. The lowest BCUT2D eigenvalue weighted by Gasteiger charge is -2.35. The molecule has 19 heavy (non-hydrogen) atoms. The first-order valence-corrected chi connectivity index (χ1v) is 6.77. The van der Waals surface area contributed by atoms with Crippen LogP contribution in [0.1, 0.15) is 38.9 Å². The average molecular weight is 268 g/mol. The molecular formula is C13H24N4O2. The fraction of sp³-hybridized carbons (Fsp3) is 0.846. The summed E-state index contributed by atoms with van der Waals surface area (Å²) in [7, 11) is 1.77. The van der Waals surface area contributed by atoms with Gasteiger partial charge in [-0.15, -0.1) is 0 Å². The molecule has 2 rings (SSSR count). The second-order valence-corrected chi connectivity index (χ2v) is 6.01. The fourth-order valence-corrected chi connectivity index (χ4v) is 2.32. The minimum absolute atomic E-state index is 0.280. The van der Waals surface area contributed by atoms with Crippen molar-refractivity contribution in [3.8, 4) is 0 Å². The number of piperidine rings is 1. The van der Waals surface area contributed by atoms with Crippen LogP contribution in [-0.4, -0.2) is 41.3 Å². The summed E-state index contributed by atoms with van der Waals surface area (Å²) < 4.78 is 10.8. The van der Waals surface area contributed by atoms with E-state index in [9.17, 15) is 0 Å². The van der Waals surface area contributed by atoms with Crippen molar-refractivity contribution in [2.24, 2.45) is 11.7 Å². The SMILES string of the molecule is COC1CN(Cc2nc(C(C)(C)N)no2)CCC1C. The molecule has 2 heterocycles. The van der Waals surface area contributed by atoms with Gasteiger partial charge in [0.25, 0.3) is 0 Å². The predicted molar refractivity (Wildman–Crippen MR) is 71.4 cm³/mol. The molecule has 2 unspecified atom stereocenters. The minimum atomic E-state index is -0.562. The maximum atomic E-state index is 5.95. The maximum absolute atomic E-state index is 5.95. The molecule has 0 amide bonds. The number of nitrogens with two attached hydrogens (primary N) is 1. The molecule has 0 aromatic carbocycles. The molecule has 6 heteroatoms. The Bertz CT molecular complexity index is 413. The van der Waals surface area contributed by atoms with E-state index >= 15 is 0 Å². The zero-order valence-corrected chi connectivity index (χ0v) is 12.2. The first-order valence-electron chi connectivity index (χ1n) is 6.77. The third-order valence-corrected chi connectivity index (χ3v) is 3.68. The van der Waals surface area contributed by atoms with E-state index in [4.69, 9.17) is 15.0 Å². The molecule has 108 valence electrons. The van der Waals surface area contributed by atoms with E-state index in [1.807, 2.05) is 13.8 Å². The van der Waals surface area contributed by atoms with Gasteiger partial charge in [0.05, 0.1) is 18.2 Å². The molecule has 0 bridgehead atoms. The molecule has 0 spiro atoms. The minimum Gasteiger partial charge on any atom is -0.380 e. The van der Waals surface area contributed by atoms with Gasteiger partial charge in [0.1, 0.15) is 0 Å². The summed E-state index contributed by atoms with van der Waals surface area (Å²) in [5.41, 5.74) is 5.38. The maximum Gasteiger partial charge on any atom is 0.240 e. The number of methoxy groups -OCH3 is 1. The van der Waals surface area contributed by atoms with Crippen LogP contribution in [0.25, 0.3) is 0 Å². The van der Waals surface area contributed by atoms with Crippen molar-refractivity contribution in [2.45, 2.75) is 45.4 Å². The van der Waals surface area contributed by atoms with Crippen LogP contribution in [0, 0.1) is 5.92 Å². The van der Waals surface area contributed by atoms with E-state index in [0.29, 0.717) is 24.2 Å². The summed E-state index contributed by atoms with van der Waals surface area (Å²) in [5, 5.41) is 3.94. The smallest absolute Gasteiger partial charge is 0.240 e. The Balaban J connectivity index is 1.96. The molecule has 6 nitrogen and oxygen atoms in total. The highest BCUT2D eigenvalue weighted by atomic mass is 16.5. The zero-order valence-electron chi connectivity index (χ0n) is 12.2. The van der Waals surface area contributed by atoms with E-state index in [2.05, 4.69) is 22.0 Å². The van der Waals surface area contributed by atoms with Gasteiger partial charge in [0.2, 0.25) is 5.89 Å². The molecule has 2 atom stereocenters. The van der Waals surface area contributed by atoms with Crippen LogP contribution >= 0.6 is 0 Å². The number of hydrogen-bond acceptors (Lipinski definition) is 6. The zero-order chi connectivity index (χ0) is 14.0. The number of hydrogen-bond donors (Lipinski definition) is 1. The van der Waals surface area contributed by atoms with E-state index < -0.39 is 5.54 Å². The van der Waals surface area contributed by atoms with E-state index in [0.717, 1.165) is 19.5 Å². The fourth-order valence-electron chi connectivity index (χ4n) is 2.32. The highest BCUT2D eigenvalue weighted by molar-refractivity contribution is 4.99. The summed E-state index contributed by atoms with van der Waals surface area (Å²) in [6.45, 7) is 8.56. The Hall–Kier alpha value is -0.980. The first-order chi connectivity index (χ1) is 8.90. The topological polar surface area (TPSA) is 77.4 Å². The Morgan fingerprint density at radius 1 is 1.53 bits per heavy atom. The van der Waals surface area contributed by atoms with Crippen molar-refractivity contribution in [3.63, 3.8) is 0 Å². The van der Waals surface area contributed by atoms with Gasteiger partial charge in [-0.05, 0) is 32.7 Å². The summed E-state index contributed by atoms with van der Waals surface area (Å²) in [6, 6.07) is 0. The highest BCUT2D eigenvalue weighted by Gasteiger charge is 2.28. The van der Waals surface area contributed by atoms with Crippen LogP contribution in [0.4, 0.5) is 0 Å². The monoisotopic (exact) mass is 268 g/mol. The van der Waals surface area contributed by atoms with Gasteiger partial charge in [-0.3, -0.25) is 4.90 Å². The Labute approximate surface area is 114 Å². The van der Waals surface area contributed by atoms with Crippen molar-refractivity contribution in [1.29, 1.82) is 0 Å². The van der Waals surface area contributed by atoms with Crippen molar-refractivity contribution in [3.05, 3.63) is 11.7 Å². The Kier molecular flexibility index (Phi) is 4.23. The van der Waals surface area contributed by atoms with Crippen LogP contribution in [0.3, 0.4) is 0 Å². The van der Waals surface area contributed by atoms with Gasteiger partial charge in [0.15, 0.2) is 5.82 Å². The van der Waals surface area contributed by atoms with Crippen molar-refractivity contribution in [2.75, 3.05) is 20.2 Å². The number of aromatic nitrogens is 2. The molecule has 2 N–H and O–H groups in total. The van der Waals surface area contributed by atoms with Gasteiger partial charge in [0, 0.05) is 13.7 Å². The average Bonchev–Trinajstić information content (AvgIpc) is 2.80. The van der Waals surface area contributed by atoms with Gasteiger partial charge in [-0.1, -0.05) is 12.1 Å². The predicted octanol–water partition coefficient (Wildman–Crippen LogP) is 1.12. The first kappa shape index (κ1) is 14.4. The number of likely N-dealkylation sites (tertiary alicyclic amines) is 1. The van der Waals surface area contributed by atoms with Gasteiger partial charge in [-0.2, -0.15) is 4.98 Å². The van der Waals surface area contributed by atoms with Crippen LogP contribution in [-0.2, 0) is 16.8 Å². The standard InChI is InChI=1S/C13H24N4O2/c1-9-5-6-17(7-10(9)18-4)8-11-15-12(16-19-11)13(2,3)14/h9-10H,5-8,14H2,1-4H3. The molecule has 1 aromatic rings. The van der Waals surface area contributed by atoms with Gasteiger partial charge >= 0.3 is 0 Å². The van der Waals surface area contributed by atoms with Crippen molar-refractivity contribution < 1.29 is 9.26 Å². The third-order valence-electron chi connectivity index (χ3n) is 3.68. The van der Waals surface area contributed by atoms with Crippen LogP contribution in [0.5, 0.6) is 0 Å². The molecule has 1 aliphatic rings. The van der Waals surface area contributed by atoms with Crippen LogP contribution in [0.2, 0.25) is 0 Å². The van der Waals surface area contributed by atoms with Crippen LogP contribution in [0.15, 0.2) is 4.52 Å². The summed E-state index contributed by atoms with van der Waals surface area (Å²) in [4.78, 5) is 6.65. The summed E-state index contributed by atoms with van der Waals surface area (Å²) >= 11 is 0. The molecule has 1 saturated heterocycles. The molecule has 1 aromatic heterocycles. The third kappa shape index (κ3) is 3.52. The lowest BCUT2D eigenvalue weighted by atomic mass is 9.96. The van der Waals surface area contributed by atoms with E-state index in [1.165, 1.54) is 0 Å². The number of rotatable bonds is 4. The van der Waals surface area contributed by atoms with Gasteiger partial charge < -0.3 is 15.0 Å².